The molecule has 34 heavy (non-hydrogen) atoms. The zero-order valence-corrected chi connectivity index (χ0v) is 19.2. The molecule has 1 saturated heterocycles. The number of amides is 2. The number of carbonyl (C=O) groups is 2. The van der Waals surface area contributed by atoms with Crippen LogP contribution in [0.5, 0.6) is 5.75 Å². The molecule has 1 aliphatic heterocycles. The molecule has 2 amide bonds. The first-order chi connectivity index (χ1) is 16.6. The lowest BCUT2D eigenvalue weighted by molar-refractivity contribution is -0.122. The first kappa shape index (κ1) is 21.8. The molecule has 4 aromatic rings. The molecule has 5 rings (SSSR count). The lowest BCUT2D eigenvalue weighted by Gasteiger charge is -2.17. The lowest BCUT2D eigenvalue weighted by atomic mass is 10.1. The van der Waals surface area contributed by atoms with Gasteiger partial charge in [-0.1, -0.05) is 29.4 Å². The van der Waals surface area contributed by atoms with E-state index < -0.39 is 5.92 Å². The molecule has 0 saturated carbocycles. The Balaban J connectivity index is 1.27. The van der Waals surface area contributed by atoms with Crippen LogP contribution in [0.4, 0.5) is 11.4 Å². The molecule has 0 aliphatic carbocycles. The SMILES string of the molecule is COc1ccc(N2CC(C(=O)Nc3ccccc3Cc3nc(-c4cccs4)no3)CC2=O)cc1. The van der Waals surface area contributed by atoms with E-state index in [9.17, 15) is 9.59 Å². The van der Waals surface area contributed by atoms with Crippen molar-refractivity contribution in [3.63, 3.8) is 0 Å². The van der Waals surface area contributed by atoms with Crippen molar-refractivity contribution in [3.05, 3.63) is 77.5 Å². The molecule has 1 fully saturated rings. The number of benzene rings is 2. The van der Waals surface area contributed by atoms with Crippen molar-refractivity contribution in [2.24, 2.45) is 5.92 Å². The molecule has 0 radical (unpaired) electrons. The summed E-state index contributed by atoms with van der Waals surface area (Å²) in [5.74, 6) is 1.01. The van der Waals surface area contributed by atoms with E-state index in [0.29, 0.717) is 36.1 Å². The minimum absolute atomic E-state index is 0.0782. The predicted octanol–water partition coefficient (Wildman–Crippen LogP) is 4.39. The van der Waals surface area contributed by atoms with Crippen LogP contribution in [0.2, 0.25) is 0 Å². The van der Waals surface area contributed by atoms with Crippen molar-refractivity contribution < 1.29 is 18.8 Å². The average molecular weight is 475 g/mol. The summed E-state index contributed by atoms with van der Waals surface area (Å²) in [5.41, 5.74) is 2.27. The quantitative estimate of drug-likeness (QED) is 0.427. The van der Waals surface area contributed by atoms with E-state index >= 15 is 0 Å². The summed E-state index contributed by atoms with van der Waals surface area (Å²) in [6, 6.07) is 18.6. The Morgan fingerprint density at radius 2 is 2.00 bits per heavy atom. The van der Waals surface area contributed by atoms with Crippen LogP contribution in [-0.4, -0.2) is 35.6 Å². The minimum Gasteiger partial charge on any atom is -0.497 e. The molecule has 172 valence electrons. The van der Waals surface area contributed by atoms with Gasteiger partial charge in [0, 0.05) is 24.3 Å². The third-order valence-electron chi connectivity index (χ3n) is 5.71. The average Bonchev–Trinajstić information content (AvgIpc) is 3.61. The second-order valence-electron chi connectivity index (χ2n) is 7.92. The van der Waals surface area contributed by atoms with Gasteiger partial charge < -0.3 is 19.5 Å². The maximum Gasteiger partial charge on any atom is 0.231 e. The maximum atomic E-state index is 13.0. The molecule has 2 aromatic heterocycles. The van der Waals surface area contributed by atoms with Crippen molar-refractivity contribution >= 4 is 34.5 Å². The number of thiophene rings is 1. The van der Waals surface area contributed by atoms with Crippen LogP contribution in [0.15, 0.2) is 70.6 Å². The number of anilines is 2. The Hall–Kier alpha value is -3.98. The molecule has 8 nitrogen and oxygen atoms in total. The fraction of sp³-hybridized carbons (Fsp3) is 0.200. The van der Waals surface area contributed by atoms with Gasteiger partial charge in [0.2, 0.25) is 23.5 Å². The van der Waals surface area contributed by atoms with Crippen LogP contribution in [0.3, 0.4) is 0 Å². The van der Waals surface area contributed by atoms with Gasteiger partial charge in [0.25, 0.3) is 0 Å². The highest BCUT2D eigenvalue weighted by Crippen LogP contribution is 2.29. The van der Waals surface area contributed by atoms with Gasteiger partial charge in [-0.05, 0) is 47.3 Å². The Kier molecular flexibility index (Phi) is 6.09. The van der Waals surface area contributed by atoms with Gasteiger partial charge in [0.05, 0.1) is 24.3 Å². The highest BCUT2D eigenvalue weighted by Gasteiger charge is 2.35. The number of hydrogen-bond acceptors (Lipinski definition) is 7. The van der Waals surface area contributed by atoms with E-state index in [1.54, 1.807) is 35.5 Å². The highest BCUT2D eigenvalue weighted by atomic mass is 32.1. The first-order valence-electron chi connectivity index (χ1n) is 10.8. The molecule has 2 aromatic carbocycles. The van der Waals surface area contributed by atoms with Gasteiger partial charge in [0.15, 0.2) is 0 Å². The van der Waals surface area contributed by atoms with Crippen molar-refractivity contribution in [3.8, 4) is 16.5 Å². The summed E-state index contributed by atoms with van der Waals surface area (Å²) in [6.07, 6.45) is 0.546. The number of nitrogens with zero attached hydrogens (tertiary/aromatic N) is 3. The molecule has 0 spiro atoms. The standard InChI is InChI=1S/C25H22N4O4S/c1-32-19-10-8-18(9-11-19)29-15-17(14-23(29)30)25(31)26-20-6-3-2-5-16(20)13-22-27-24(28-33-22)21-7-4-12-34-21/h2-12,17H,13-15H2,1H3,(H,26,31). The lowest BCUT2D eigenvalue weighted by Crippen LogP contribution is -2.28. The number of nitrogens with one attached hydrogen (secondary N) is 1. The summed E-state index contributed by atoms with van der Waals surface area (Å²) in [6.45, 7) is 0.326. The van der Waals surface area contributed by atoms with E-state index in [-0.39, 0.29) is 18.2 Å². The number of rotatable bonds is 7. The van der Waals surface area contributed by atoms with Gasteiger partial charge in [-0.15, -0.1) is 11.3 Å². The fourth-order valence-electron chi connectivity index (χ4n) is 3.92. The van der Waals surface area contributed by atoms with Gasteiger partial charge >= 0.3 is 0 Å². The monoisotopic (exact) mass is 474 g/mol. The van der Waals surface area contributed by atoms with Crippen LogP contribution in [-0.2, 0) is 16.0 Å². The largest absolute Gasteiger partial charge is 0.497 e. The van der Waals surface area contributed by atoms with E-state index in [1.165, 1.54) is 0 Å². The Labute approximate surface area is 200 Å². The molecule has 3 heterocycles. The number of aromatic nitrogens is 2. The predicted molar refractivity (Wildman–Crippen MR) is 129 cm³/mol. The highest BCUT2D eigenvalue weighted by molar-refractivity contribution is 7.13. The Morgan fingerprint density at radius 3 is 2.76 bits per heavy atom. The van der Waals surface area contributed by atoms with Gasteiger partial charge in [0.1, 0.15) is 5.75 Å². The first-order valence-corrected chi connectivity index (χ1v) is 11.7. The second-order valence-corrected chi connectivity index (χ2v) is 8.86. The summed E-state index contributed by atoms with van der Waals surface area (Å²) in [5, 5.41) is 9.00. The molecule has 9 heteroatoms. The summed E-state index contributed by atoms with van der Waals surface area (Å²) < 4.78 is 10.6. The van der Waals surface area contributed by atoms with Crippen LogP contribution < -0.4 is 15.0 Å². The van der Waals surface area contributed by atoms with E-state index in [1.807, 2.05) is 53.9 Å². The van der Waals surface area contributed by atoms with Crippen molar-refractivity contribution in [2.45, 2.75) is 12.8 Å². The smallest absolute Gasteiger partial charge is 0.231 e. The molecule has 1 unspecified atom stereocenters. The zero-order valence-electron chi connectivity index (χ0n) is 18.4. The third-order valence-corrected chi connectivity index (χ3v) is 6.57. The van der Waals surface area contributed by atoms with Gasteiger partial charge in [-0.25, -0.2) is 0 Å². The second kappa shape index (κ2) is 9.48. The van der Waals surface area contributed by atoms with E-state index in [2.05, 4.69) is 15.5 Å². The van der Waals surface area contributed by atoms with Crippen LogP contribution >= 0.6 is 11.3 Å². The molecule has 0 bridgehead atoms. The van der Waals surface area contributed by atoms with E-state index in [0.717, 1.165) is 16.1 Å². The number of carbonyl (C=O) groups excluding carboxylic acids is 2. The maximum absolute atomic E-state index is 13.0. The summed E-state index contributed by atoms with van der Waals surface area (Å²) in [4.78, 5) is 32.7. The van der Waals surface area contributed by atoms with Crippen molar-refractivity contribution in [1.82, 2.24) is 10.1 Å². The van der Waals surface area contributed by atoms with Gasteiger partial charge in [-0.2, -0.15) is 4.98 Å². The third kappa shape index (κ3) is 4.55. The fourth-order valence-corrected chi connectivity index (χ4v) is 4.57. The molecule has 1 N–H and O–H groups in total. The topological polar surface area (TPSA) is 97.6 Å². The molecular formula is C25H22N4O4S. The molecular weight excluding hydrogens is 452 g/mol. The Morgan fingerprint density at radius 1 is 1.18 bits per heavy atom. The van der Waals surface area contributed by atoms with E-state index in [4.69, 9.17) is 9.26 Å². The zero-order chi connectivity index (χ0) is 23.5. The normalized spacial score (nSPS) is 15.5. The van der Waals surface area contributed by atoms with Crippen LogP contribution in [0.25, 0.3) is 10.7 Å². The number of ether oxygens (including phenoxy) is 1. The number of methoxy groups -OCH3 is 1. The van der Waals surface area contributed by atoms with Crippen molar-refractivity contribution in [2.75, 3.05) is 23.9 Å². The van der Waals surface area contributed by atoms with Crippen LogP contribution in [0, 0.1) is 5.92 Å². The Bertz CT molecular complexity index is 1300. The van der Waals surface area contributed by atoms with Gasteiger partial charge in [-0.3, -0.25) is 9.59 Å². The molecule has 1 atom stereocenters. The number of para-hydroxylation sites is 1. The molecule has 1 aliphatic rings. The van der Waals surface area contributed by atoms with Crippen molar-refractivity contribution in [1.29, 1.82) is 0 Å². The summed E-state index contributed by atoms with van der Waals surface area (Å²) in [7, 11) is 1.59. The number of hydrogen-bond donors (Lipinski definition) is 1. The van der Waals surface area contributed by atoms with Crippen LogP contribution in [0.1, 0.15) is 17.9 Å². The summed E-state index contributed by atoms with van der Waals surface area (Å²) >= 11 is 1.54. The minimum atomic E-state index is -0.448.